The monoisotopic (exact) mass is 594 g/mol. The molecule has 0 N–H and O–H groups in total. The summed E-state index contributed by atoms with van der Waals surface area (Å²) in [6, 6.07) is 0. The van der Waals surface area contributed by atoms with E-state index in [9.17, 15) is 0 Å². The van der Waals surface area contributed by atoms with Crippen molar-refractivity contribution in [3.05, 3.63) is 0 Å². The SMILES string of the molecule is COCO[C@H]1[C@@H]2C[C@H]3O[C@@]3(C)[C@]3(C2)O[C@H]3C[C@@]2(OCOC)[C@@H]3CC[C@H]([C@H](C)CO[Si](C)(C)C(C)(C)C)[C@@]3(C)CC[C@@H]12. The average Bonchev–Trinajstić information content (AvgIpc) is 3.74. The molecule has 2 saturated heterocycles. The zero-order chi connectivity index (χ0) is 29.6. The lowest BCUT2D eigenvalue weighted by atomic mass is 9.50. The Morgan fingerprint density at radius 2 is 1.68 bits per heavy atom. The number of ether oxygens (including phenoxy) is 6. The van der Waals surface area contributed by atoms with Crippen LogP contribution in [0.1, 0.15) is 86.5 Å². The lowest BCUT2D eigenvalue weighted by Gasteiger charge is -2.59. The molecule has 8 heteroatoms. The second-order valence-corrected chi connectivity index (χ2v) is 21.4. The van der Waals surface area contributed by atoms with E-state index < -0.39 is 8.32 Å². The summed E-state index contributed by atoms with van der Waals surface area (Å²) in [4.78, 5) is 0. The molecule has 6 rings (SSSR count). The van der Waals surface area contributed by atoms with Crippen LogP contribution in [0, 0.1) is 35.0 Å². The predicted molar refractivity (Wildman–Crippen MR) is 160 cm³/mol. The maximum absolute atomic E-state index is 7.09. The van der Waals surface area contributed by atoms with Gasteiger partial charge in [-0.3, -0.25) is 0 Å². The quantitative estimate of drug-likeness (QED) is 0.161. The van der Waals surface area contributed by atoms with Crippen LogP contribution in [-0.4, -0.2) is 77.8 Å². The topological polar surface area (TPSA) is 71.2 Å². The van der Waals surface area contributed by atoms with Gasteiger partial charge in [0.1, 0.15) is 24.8 Å². The maximum atomic E-state index is 7.09. The molecule has 12 atom stereocenters. The minimum atomic E-state index is -1.81. The highest BCUT2D eigenvalue weighted by Gasteiger charge is 2.83. The third-order valence-electron chi connectivity index (χ3n) is 13.7. The smallest absolute Gasteiger partial charge is 0.191 e. The van der Waals surface area contributed by atoms with Crippen molar-refractivity contribution in [1.29, 1.82) is 0 Å². The molecular weight excluding hydrogens is 536 g/mol. The standard InChI is InChI=1S/C33H58O7Si/c1-21(18-38-41(9,10)29(2,3)4)23-11-12-25-30(23,5)14-13-24-28(36-19-34-7)22-15-26-31(6,39-26)33(16-22)27(40-33)17-32(24,25)37-20-35-8/h21-28H,11-20H2,1-10H3/t21-,22-,23-,24+,25-,26-,27+,28+,30-,31-,32+,33-/m1/s1. The molecule has 0 aromatic carbocycles. The van der Waals surface area contributed by atoms with Crippen molar-refractivity contribution in [1.82, 2.24) is 0 Å². The Bertz CT molecular complexity index is 985. The molecule has 0 amide bonds. The molecule has 6 fully saturated rings. The molecule has 236 valence electrons. The van der Waals surface area contributed by atoms with E-state index >= 15 is 0 Å². The van der Waals surface area contributed by atoms with Gasteiger partial charge in [-0.2, -0.15) is 0 Å². The van der Waals surface area contributed by atoms with Crippen molar-refractivity contribution in [2.75, 3.05) is 34.4 Å². The average molecular weight is 595 g/mol. The van der Waals surface area contributed by atoms with Gasteiger partial charge in [-0.25, -0.2) is 0 Å². The minimum Gasteiger partial charge on any atom is -0.417 e. The molecule has 2 heterocycles. The molecule has 6 aliphatic rings. The Hall–Kier alpha value is -0.0631. The zero-order valence-electron chi connectivity index (χ0n) is 27.5. The number of methoxy groups -OCH3 is 2. The minimum absolute atomic E-state index is 0.0607. The van der Waals surface area contributed by atoms with Crippen LogP contribution in [0.2, 0.25) is 18.1 Å². The van der Waals surface area contributed by atoms with E-state index in [1.807, 2.05) is 0 Å². The number of rotatable bonds is 10. The summed E-state index contributed by atoms with van der Waals surface area (Å²) in [5.74, 6) is 2.18. The van der Waals surface area contributed by atoms with Gasteiger partial charge in [-0.05, 0) is 92.7 Å². The fourth-order valence-corrected chi connectivity index (χ4v) is 11.5. The predicted octanol–water partition coefficient (Wildman–Crippen LogP) is 6.54. The first kappa shape index (κ1) is 30.9. The van der Waals surface area contributed by atoms with Crippen LogP contribution in [-0.2, 0) is 32.8 Å². The third kappa shape index (κ3) is 4.59. The highest BCUT2D eigenvalue weighted by atomic mass is 28.4. The van der Waals surface area contributed by atoms with Crippen LogP contribution < -0.4 is 0 Å². The summed E-state index contributed by atoms with van der Waals surface area (Å²) in [5, 5.41) is 0.222. The van der Waals surface area contributed by atoms with E-state index in [2.05, 4.69) is 54.6 Å². The second kappa shape index (κ2) is 10.2. The molecule has 0 radical (unpaired) electrons. The van der Waals surface area contributed by atoms with Crippen LogP contribution in [0.4, 0.5) is 0 Å². The molecule has 2 bridgehead atoms. The number of fused-ring (bicyclic) bond motifs is 5. The highest BCUT2D eigenvalue weighted by Crippen LogP contribution is 2.72. The van der Waals surface area contributed by atoms with Gasteiger partial charge in [-0.15, -0.1) is 0 Å². The van der Waals surface area contributed by atoms with Crippen molar-refractivity contribution < 1.29 is 32.8 Å². The van der Waals surface area contributed by atoms with Gasteiger partial charge in [0, 0.05) is 33.2 Å². The van der Waals surface area contributed by atoms with Gasteiger partial charge in [0.05, 0.1) is 23.9 Å². The lowest BCUT2D eigenvalue weighted by Crippen LogP contribution is -2.64. The molecular formula is C33H58O7Si. The van der Waals surface area contributed by atoms with Gasteiger partial charge < -0.3 is 32.8 Å². The molecule has 4 saturated carbocycles. The van der Waals surface area contributed by atoms with E-state index in [1.54, 1.807) is 14.2 Å². The maximum Gasteiger partial charge on any atom is 0.191 e. The van der Waals surface area contributed by atoms with Gasteiger partial charge in [0.2, 0.25) is 0 Å². The van der Waals surface area contributed by atoms with Gasteiger partial charge in [0.15, 0.2) is 8.32 Å². The van der Waals surface area contributed by atoms with Crippen molar-refractivity contribution in [3.63, 3.8) is 0 Å². The van der Waals surface area contributed by atoms with Gasteiger partial charge in [0.25, 0.3) is 0 Å². The Kier molecular flexibility index (Phi) is 7.72. The first-order chi connectivity index (χ1) is 19.2. The summed E-state index contributed by atoms with van der Waals surface area (Å²) >= 11 is 0. The van der Waals surface area contributed by atoms with E-state index in [-0.39, 0.29) is 51.5 Å². The molecule has 2 aliphatic heterocycles. The van der Waals surface area contributed by atoms with E-state index in [0.717, 1.165) is 32.3 Å². The van der Waals surface area contributed by atoms with Crippen molar-refractivity contribution >= 4 is 8.32 Å². The molecule has 0 unspecified atom stereocenters. The normalized spacial score (nSPS) is 49.2. The molecule has 41 heavy (non-hydrogen) atoms. The first-order valence-electron chi connectivity index (χ1n) is 16.4. The number of hydrogen-bond donors (Lipinski definition) is 0. The van der Waals surface area contributed by atoms with Crippen LogP contribution in [0.3, 0.4) is 0 Å². The Balaban J connectivity index is 1.32. The summed E-state index contributed by atoms with van der Waals surface area (Å²) in [5.41, 5.74) is -0.564. The van der Waals surface area contributed by atoms with Crippen LogP contribution in [0.25, 0.3) is 0 Å². The molecule has 0 aromatic rings. The largest absolute Gasteiger partial charge is 0.417 e. The van der Waals surface area contributed by atoms with Gasteiger partial charge in [-0.1, -0.05) is 34.6 Å². The van der Waals surface area contributed by atoms with Gasteiger partial charge >= 0.3 is 0 Å². The molecule has 4 aliphatic carbocycles. The number of epoxide rings is 2. The lowest BCUT2D eigenvalue weighted by molar-refractivity contribution is -0.260. The summed E-state index contributed by atoms with van der Waals surface area (Å²) in [6.45, 7) is 20.5. The van der Waals surface area contributed by atoms with Crippen LogP contribution in [0.5, 0.6) is 0 Å². The zero-order valence-corrected chi connectivity index (χ0v) is 28.5. The summed E-state index contributed by atoms with van der Waals surface area (Å²) in [6.07, 6.45) is 8.14. The summed E-state index contributed by atoms with van der Waals surface area (Å²) in [7, 11) is 1.67. The fraction of sp³-hybridized carbons (Fsp3) is 1.00. The second-order valence-electron chi connectivity index (χ2n) is 16.6. The Labute approximate surface area is 250 Å². The van der Waals surface area contributed by atoms with Crippen molar-refractivity contribution in [3.8, 4) is 0 Å². The van der Waals surface area contributed by atoms with Crippen LogP contribution >= 0.6 is 0 Å². The van der Waals surface area contributed by atoms with E-state index in [1.165, 1.54) is 19.3 Å². The highest BCUT2D eigenvalue weighted by molar-refractivity contribution is 6.74. The Morgan fingerprint density at radius 1 is 0.951 bits per heavy atom. The molecule has 7 nitrogen and oxygen atoms in total. The summed E-state index contributed by atoms with van der Waals surface area (Å²) < 4.78 is 44.9. The molecule has 1 spiro atoms. The Morgan fingerprint density at radius 3 is 2.37 bits per heavy atom. The van der Waals surface area contributed by atoms with Crippen molar-refractivity contribution in [2.24, 2.45) is 35.0 Å². The first-order valence-corrected chi connectivity index (χ1v) is 19.3. The third-order valence-corrected chi connectivity index (χ3v) is 18.2. The van der Waals surface area contributed by atoms with E-state index in [0.29, 0.717) is 37.3 Å². The van der Waals surface area contributed by atoms with Crippen LogP contribution in [0.15, 0.2) is 0 Å². The van der Waals surface area contributed by atoms with E-state index in [4.69, 9.17) is 32.8 Å². The molecule has 0 aromatic heterocycles. The number of hydrogen-bond acceptors (Lipinski definition) is 7. The fourth-order valence-electron chi connectivity index (χ4n) is 10.3. The van der Waals surface area contributed by atoms with Crippen molar-refractivity contribution in [2.45, 2.75) is 140 Å².